The molecular formula is C11H18N4O2. The first-order valence-electron chi connectivity index (χ1n) is 5.89. The largest absolute Gasteiger partial charge is 0.354 e. The van der Waals surface area contributed by atoms with E-state index in [-0.39, 0.29) is 10.6 Å². The second-order valence-electron chi connectivity index (χ2n) is 4.79. The summed E-state index contributed by atoms with van der Waals surface area (Å²) < 4.78 is 1.60. The zero-order chi connectivity index (χ0) is 12.6. The molecule has 6 nitrogen and oxygen atoms in total. The molecule has 0 aromatic carbocycles. The molecule has 0 amide bonds. The molecule has 0 N–H and O–H groups in total. The molecule has 1 fully saturated rings. The summed E-state index contributed by atoms with van der Waals surface area (Å²) in [5.41, 5.74) is 0.608. The second-order valence-corrected chi connectivity index (χ2v) is 4.79. The Kier molecular flexibility index (Phi) is 3.04. The van der Waals surface area contributed by atoms with Gasteiger partial charge in [-0.25, -0.2) is 4.68 Å². The van der Waals surface area contributed by atoms with Crippen molar-refractivity contribution in [2.75, 3.05) is 18.5 Å². The highest BCUT2D eigenvalue weighted by molar-refractivity contribution is 5.60. The molecule has 1 aromatic heterocycles. The summed E-state index contributed by atoms with van der Waals surface area (Å²) in [5.74, 6) is 1.43. The predicted molar refractivity (Wildman–Crippen MR) is 65.2 cm³/mol. The summed E-state index contributed by atoms with van der Waals surface area (Å²) in [7, 11) is 3.65. The standard InChI is InChI=1S/C11H18N4O2/c1-8-10(15(16)17)11(14(3)12-8)13(2)7-6-9-4-5-9/h9H,4-7H2,1-3H3. The fraction of sp³-hybridized carbons (Fsp3) is 0.727. The van der Waals surface area contributed by atoms with Gasteiger partial charge in [0, 0.05) is 20.6 Å². The number of hydrogen-bond acceptors (Lipinski definition) is 4. The van der Waals surface area contributed by atoms with Crippen molar-refractivity contribution in [3.63, 3.8) is 0 Å². The van der Waals surface area contributed by atoms with Gasteiger partial charge in [0.05, 0.1) is 4.92 Å². The van der Waals surface area contributed by atoms with Crippen LogP contribution in [0.25, 0.3) is 0 Å². The maximum atomic E-state index is 11.0. The molecule has 1 saturated carbocycles. The van der Waals surface area contributed by atoms with E-state index in [1.165, 1.54) is 12.8 Å². The summed E-state index contributed by atoms with van der Waals surface area (Å²) >= 11 is 0. The van der Waals surface area contributed by atoms with E-state index in [0.29, 0.717) is 11.5 Å². The molecule has 0 radical (unpaired) electrons. The smallest absolute Gasteiger partial charge is 0.333 e. The van der Waals surface area contributed by atoms with E-state index in [2.05, 4.69) is 5.10 Å². The van der Waals surface area contributed by atoms with E-state index in [4.69, 9.17) is 0 Å². The average molecular weight is 238 g/mol. The van der Waals surface area contributed by atoms with Crippen LogP contribution in [-0.4, -0.2) is 28.3 Å². The molecule has 1 heterocycles. The molecular weight excluding hydrogens is 220 g/mol. The van der Waals surface area contributed by atoms with Crippen molar-refractivity contribution in [2.24, 2.45) is 13.0 Å². The van der Waals surface area contributed by atoms with Gasteiger partial charge in [0.25, 0.3) is 0 Å². The van der Waals surface area contributed by atoms with Gasteiger partial charge in [0.2, 0.25) is 5.82 Å². The fourth-order valence-corrected chi connectivity index (χ4v) is 2.17. The van der Waals surface area contributed by atoms with Crippen LogP contribution in [0.5, 0.6) is 0 Å². The Morgan fingerprint density at radius 1 is 1.59 bits per heavy atom. The van der Waals surface area contributed by atoms with Crippen LogP contribution in [0.15, 0.2) is 0 Å². The average Bonchev–Trinajstić information content (AvgIpc) is 3.00. The normalized spacial score (nSPS) is 15.0. The molecule has 1 aliphatic rings. The molecule has 0 aliphatic heterocycles. The van der Waals surface area contributed by atoms with E-state index in [1.807, 2.05) is 11.9 Å². The van der Waals surface area contributed by atoms with E-state index in [1.54, 1.807) is 18.7 Å². The second kappa shape index (κ2) is 4.35. The van der Waals surface area contributed by atoms with Crippen LogP contribution in [0, 0.1) is 23.0 Å². The SMILES string of the molecule is Cc1nn(C)c(N(C)CCC2CC2)c1[N+](=O)[O-]. The Morgan fingerprint density at radius 3 is 2.76 bits per heavy atom. The molecule has 1 aromatic rings. The lowest BCUT2D eigenvalue weighted by Crippen LogP contribution is -2.22. The van der Waals surface area contributed by atoms with Crippen LogP contribution < -0.4 is 4.90 Å². The highest BCUT2D eigenvalue weighted by Gasteiger charge is 2.28. The minimum Gasteiger partial charge on any atom is -0.354 e. The summed E-state index contributed by atoms with van der Waals surface area (Å²) in [6.07, 6.45) is 3.72. The summed E-state index contributed by atoms with van der Waals surface area (Å²) in [4.78, 5) is 12.6. The van der Waals surface area contributed by atoms with E-state index < -0.39 is 0 Å². The zero-order valence-electron chi connectivity index (χ0n) is 10.5. The summed E-state index contributed by atoms with van der Waals surface area (Å²) in [6, 6.07) is 0. The molecule has 0 spiro atoms. The molecule has 0 bridgehead atoms. The quantitative estimate of drug-likeness (QED) is 0.580. The van der Waals surface area contributed by atoms with Crippen LogP contribution in [0.2, 0.25) is 0 Å². The number of hydrogen-bond donors (Lipinski definition) is 0. The Labute approximate surface area is 100 Å². The Morgan fingerprint density at radius 2 is 2.24 bits per heavy atom. The van der Waals surface area contributed by atoms with Crippen molar-refractivity contribution in [1.29, 1.82) is 0 Å². The van der Waals surface area contributed by atoms with Crippen LogP contribution in [-0.2, 0) is 7.05 Å². The maximum Gasteiger partial charge on any atom is 0.333 e. The topological polar surface area (TPSA) is 64.2 Å². The van der Waals surface area contributed by atoms with Crippen LogP contribution in [0.1, 0.15) is 25.0 Å². The highest BCUT2D eigenvalue weighted by atomic mass is 16.6. The molecule has 1 aliphatic carbocycles. The number of aryl methyl sites for hydroxylation is 2. The van der Waals surface area contributed by atoms with Crippen LogP contribution in [0.3, 0.4) is 0 Å². The van der Waals surface area contributed by atoms with Gasteiger partial charge in [-0.05, 0) is 19.3 Å². The minimum atomic E-state index is -0.342. The molecule has 17 heavy (non-hydrogen) atoms. The third-order valence-electron chi connectivity index (χ3n) is 3.27. The number of nitro groups is 1. The zero-order valence-corrected chi connectivity index (χ0v) is 10.5. The number of aromatic nitrogens is 2. The molecule has 94 valence electrons. The van der Waals surface area contributed by atoms with Crippen molar-refractivity contribution >= 4 is 11.5 Å². The van der Waals surface area contributed by atoms with Crippen molar-refractivity contribution in [2.45, 2.75) is 26.2 Å². The first kappa shape index (κ1) is 11.9. The van der Waals surface area contributed by atoms with E-state index >= 15 is 0 Å². The van der Waals surface area contributed by atoms with Gasteiger partial charge >= 0.3 is 5.69 Å². The number of nitrogens with zero attached hydrogens (tertiary/aromatic N) is 4. The maximum absolute atomic E-state index is 11.0. The summed E-state index contributed by atoms with van der Waals surface area (Å²) in [5, 5.41) is 15.2. The number of anilines is 1. The van der Waals surface area contributed by atoms with Gasteiger partial charge in [-0.3, -0.25) is 10.1 Å². The van der Waals surface area contributed by atoms with Gasteiger partial charge in [-0.15, -0.1) is 0 Å². The molecule has 0 atom stereocenters. The van der Waals surface area contributed by atoms with Crippen molar-refractivity contribution in [1.82, 2.24) is 9.78 Å². The Balaban J connectivity index is 2.19. The van der Waals surface area contributed by atoms with E-state index in [9.17, 15) is 10.1 Å². The van der Waals surface area contributed by atoms with Crippen LogP contribution >= 0.6 is 0 Å². The first-order valence-corrected chi connectivity index (χ1v) is 5.89. The van der Waals surface area contributed by atoms with Crippen molar-refractivity contribution < 1.29 is 4.92 Å². The Bertz CT molecular complexity index is 437. The van der Waals surface area contributed by atoms with Crippen LogP contribution in [0.4, 0.5) is 11.5 Å². The number of rotatable bonds is 5. The monoisotopic (exact) mass is 238 g/mol. The molecule has 2 rings (SSSR count). The first-order chi connectivity index (χ1) is 8.00. The minimum absolute atomic E-state index is 0.130. The lowest BCUT2D eigenvalue weighted by molar-refractivity contribution is -0.384. The van der Waals surface area contributed by atoms with Gasteiger partial charge in [0.15, 0.2) is 0 Å². The lowest BCUT2D eigenvalue weighted by Gasteiger charge is -2.17. The van der Waals surface area contributed by atoms with Crippen molar-refractivity contribution in [3.05, 3.63) is 15.8 Å². The van der Waals surface area contributed by atoms with Gasteiger partial charge in [-0.1, -0.05) is 12.8 Å². The van der Waals surface area contributed by atoms with E-state index in [0.717, 1.165) is 18.9 Å². The molecule has 0 saturated heterocycles. The van der Waals surface area contributed by atoms with Gasteiger partial charge in [0.1, 0.15) is 5.69 Å². The molecule has 6 heteroatoms. The third-order valence-corrected chi connectivity index (χ3v) is 3.27. The van der Waals surface area contributed by atoms with Gasteiger partial charge < -0.3 is 4.90 Å². The Hall–Kier alpha value is -1.59. The fourth-order valence-electron chi connectivity index (χ4n) is 2.17. The van der Waals surface area contributed by atoms with Crippen molar-refractivity contribution in [3.8, 4) is 0 Å². The third kappa shape index (κ3) is 2.40. The molecule has 0 unspecified atom stereocenters. The summed E-state index contributed by atoms with van der Waals surface area (Å²) in [6.45, 7) is 2.53. The predicted octanol–water partition coefficient (Wildman–Crippen LogP) is 1.87. The lowest BCUT2D eigenvalue weighted by atomic mass is 10.2. The van der Waals surface area contributed by atoms with Gasteiger partial charge in [-0.2, -0.15) is 5.10 Å². The highest BCUT2D eigenvalue weighted by Crippen LogP contribution is 2.34.